The maximum Gasteiger partial charge on any atom is 0.498 e. The van der Waals surface area contributed by atoms with Gasteiger partial charge in [-0.05, 0) is 41.5 Å². The average Bonchev–Trinajstić information content (AvgIpc) is 2.61. The number of aromatic nitrogens is 2. The second kappa shape index (κ2) is 4.81. The number of hydrogen-bond acceptors (Lipinski definition) is 3. The molecule has 0 bridgehead atoms. The van der Waals surface area contributed by atoms with Crippen molar-refractivity contribution in [1.29, 1.82) is 0 Å². The third kappa shape index (κ3) is 2.49. The molecule has 1 aliphatic heterocycles. The Labute approximate surface area is 118 Å². The van der Waals surface area contributed by atoms with Crippen LogP contribution in [0.25, 0.3) is 0 Å². The van der Waals surface area contributed by atoms with E-state index in [9.17, 15) is 8.78 Å². The van der Waals surface area contributed by atoms with Gasteiger partial charge in [0.15, 0.2) is 0 Å². The minimum atomic E-state index is -2.43. The van der Waals surface area contributed by atoms with E-state index in [0.29, 0.717) is 11.4 Å². The summed E-state index contributed by atoms with van der Waals surface area (Å²) < 4.78 is 38.3. The molecule has 7 heteroatoms. The second-order valence-electron chi connectivity index (χ2n) is 6.25. The Morgan fingerprint density at radius 1 is 1.15 bits per heavy atom. The van der Waals surface area contributed by atoms with E-state index in [4.69, 9.17) is 9.31 Å². The maximum absolute atomic E-state index is 12.5. The summed E-state index contributed by atoms with van der Waals surface area (Å²) in [4.78, 5) is 0. The van der Waals surface area contributed by atoms with Crippen LogP contribution in [0.3, 0.4) is 0 Å². The highest BCUT2D eigenvalue weighted by Gasteiger charge is 2.53. The monoisotopic (exact) mass is 286 g/mol. The Hall–Kier alpha value is -0.945. The third-order valence-electron chi connectivity index (χ3n) is 4.24. The fraction of sp³-hybridized carbons (Fsp3) is 0.769. The highest BCUT2D eigenvalue weighted by molar-refractivity contribution is 6.63. The van der Waals surface area contributed by atoms with Crippen LogP contribution in [0.4, 0.5) is 8.78 Å². The number of halogens is 2. The van der Waals surface area contributed by atoms with Gasteiger partial charge in [-0.1, -0.05) is 0 Å². The Morgan fingerprint density at radius 2 is 1.65 bits per heavy atom. The Balaban J connectivity index is 2.33. The molecule has 20 heavy (non-hydrogen) atoms. The summed E-state index contributed by atoms with van der Waals surface area (Å²) >= 11 is 0. The van der Waals surface area contributed by atoms with E-state index in [2.05, 4.69) is 5.10 Å². The van der Waals surface area contributed by atoms with Gasteiger partial charge in [0, 0.05) is 11.2 Å². The van der Waals surface area contributed by atoms with Gasteiger partial charge in [-0.15, -0.1) is 0 Å². The normalized spacial score (nSPS) is 20.9. The lowest BCUT2D eigenvalue weighted by atomic mass is 9.77. The molecule has 0 radical (unpaired) electrons. The molecule has 0 saturated carbocycles. The first kappa shape index (κ1) is 15.4. The molecule has 2 rings (SSSR count). The zero-order valence-corrected chi connectivity index (χ0v) is 12.8. The van der Waals surface area contributed by atoms with Crippen LogP contribution in [0, 0.1) is 13.8 Å². The predicted octanol–water partition coefficient (Wildman–Crippen LogP) is 2.06. The van der Waals surface area contributed by atoms with Gasteiger partial charge >= 0.3 is 7.12 Å². The van der Waals surface area contributed by atoms with E-state index in [0.717, 1.165) is 5.46 Å². The molecule has 1 aromatic rings. The molecule has 0 aliphatic carbocycles. The highest BCUT2D eigenvalue weighted by Crippen LogP contribution is 2.36. The Morgan fingerprint density at radius 3 is 2.10 bits per heavy atom. The molecule has 4 nitrogen and oxygen atoms in total. The predicted molar refractivity (Wildman–Crippen MR) is 73.4 cm³/mol. The van der Waals surface area contributed by atoms with Crippen LogP contribution in [0.15, 0.2) is 0 Å². The summed E-state index contributed by atoms with van der Waals surface area (Å²) in [5.41, 5.74) is 1.18. The fourth-order valence-corrected chi connectivity index (χ4v) is 2.32. The molecule has 1 aliphatic rings. The van der Waals surface area contributed by atoms with Crippen molar-refractivity contribution in [3.8, 4) is 0 Å². The topological polar surface area (TPSA) is 36.3 Å². The minimum absolute atomic E-state index is 0.411. The third-order valence-corrected chi connectivity index (χ3v) is 4.24. The van der Waals surface area contributed by atoms with Crippen molar-refractivity contribution in [1.82, 2.24) is 9.78 Å². The first-order valence-corrected chi connectivity index (χ1v) is 6.73. The van der Waals surface area contributed by atoms with Crippen molar-refractivity contribution in [3.63, 3.8) is 0 Å². The molecule has 0 unspecified atom stereocenters. The second-order valence-corrected chi connectivity index (χ2v) is 6.25. The molecule has 1 aromatic heterocycles. The standard InChI is InChI=1S/C13H21BF2N2O2/c1-8-11(9(2)18(17-8)7-10(15)16)14-19-12(3,4)13(5,6)20-14/h10H,7H2,1-6H3. The first-order chi connectivity index (χ1) is 9.05. The Kier molecular flexibility index (Phi) is 3.71. The van der Waals surface area contributed by atoms with Crippen molar-refractivity contribution >= 4 is 12.6 Å². The molecular formula is C13H21BF2N2O2. The van der Waals surface area contributed by atoms with Gasteiger partial charge in [0.25, 0.3) is 6.43 Å². The van der Waals surface area contributed by atoms with Gasteiger partial charge in [-0.2, -0.15) is 5.10 Å². The van der Waals surface area contributed by atoms with Crippen LogP contribution in [0.2, 0.25) is 0 Å². The number of rotatable bonds is 3. The molecule has 0 N–H and O–H groups in total. The summed E-state index contributed by atoms with van der Waals surface area (Å²) in [7, 11) is -0.563. The summed E-state index contributed by atoms with van der Waals surface area (Å²) in [5.74, 6) is 0. The average molecular weight is 286 g/mol. The molecule has 112 valence electrons. The zero-order chi connectivity index (χ0) is 15.3. The summed E-state index contributed by atoms with van der Waals surface area (Å²) in [6.45, 7) is 11.0. The molecule has 1 saturated heterocycles. The van der Waals surface area contributed by atoms with Gasteiger partial charge in [-0.25, -0.2) is 8.78 Å². The van der Waals surface area contributed by atoms with Crippen molar-refractivity contribution in [3.05, 3.63) is 11.4 Å². The number of aryl methyl sites for hydroxylation is 1. The smallest absolute Gasteiger partial charge is 0.399 e. The van der Waals surface area contributed by atoms with Crippen LogP contribution >= 0.6 is 0 Å². The van der Waals surface area contributed by atoms with E-state index >= 15 is 0 Å². The lowest BCUT2D eigenvalue weighted by Crippen LogP contribution is -2.41. The first-order valence-electron chi connectivity index (χ1n) is 6.73. The van der Waals surface area contributed by atoms with Crippen molar-refractivity contribution in [2.24, 2.45) is 0 Å². The molecule has 0 spiro atoms. The summed E-state index contributed by atoms with van der Waals surface area (Å²) in [5, 5.41) is 4.17. The molecule has 1 fully saturated rings. The highest BCUT2D eigenvalue weighted by atomic mass is 19.3. The fourth-order valence-electron chi connectivity index (χ4n) is 2.32. The quantitative estimate of drug-likeness (QED) is 0.798. The van der Waals surface area contributed by atoms with Gasteiger partial charge < -0.3 is 9.31 Å². The largest absolute Gasteiger partial charge is 0.498 e. The van der Waals surface area contributed by atoms with Gasteiger partial charge in [0.05, 0.1) is 16.9 Å². The van der Waals surface area contributed by atoms with Gasteiger partial charge in [-0.3, -0.25) is 4.68 Å². The van der Waals surface area contributed by atoms with Crippen LogP contribution in [-0.4, -0.2) is 34.5 Å². The minimum Gasteiger partial charge on any atom is -0.399 e. The van der Waals surface area contributed by atoms with E-state index in [1.165, 1.54) is 4.68 Å². The lowest BCUT2D eigenvalue weighted by molar-refractivity contribution is 0.00578. The molecule has 2 heterocycles. The maximum atomic E-state index is 12.5. The molecule has 0 amide bonds. The zero-order valence-electron chi connectivity index (χ0n) is 12.8. The SMILES string of the molecule is Cc1nn(CC(F)F)c(C)c1B1OC(C)(C)C(C)(C)O1. The van der Waals surface area contributed by atoms with Crippen molar-refractivity contribution in [2.75, 3.05) is 0 Å². The number of nitrogens with zero attached hydrogens (tertiary/aromatic N) is 2. The van der Waals surface area contributed by atoms with Crippen molar-refractivity contribution in [2.45, 2.75) is 65.7 Å². The summed E-state index contributed by atoms with van der Waals surface area (Å²) in [6, 6.07) is 0. The van der Waals surface area contributed by atoms with Crippen LogP contribution in [0.1, 0.15) is 39.1 Å². The van der Waals surface area contributed by atoms with E-state index in [1.54, 1.807) is 13.8 Å². The van der Waals surface area contributed by atoms with Gasteiger partial charge in [0.1, 0.15) is 6.54 Å². The summed E-state index contributed by atoms with van der Waals surface area (Å²) in [6.07, 6.45) is -2.43. The van der Waals surface area contributed by atoms with Gasteiger partial charge in [0.2, 0.25) is 0 Å². The van der Waals surface area contributed by atoms with E-state index in [1.807, 2.05) is 27.7 Å². The van der Waals surface area contributed by atoms with Crippen LogP contribution in [-0.2, 0) is 15.9 Å². The van der Waals surface area contributed by atoms with E-state index < -0.39 is 31.3 Å². The van der Waals surface area contributed by atoms with E-state index in [-0.39, 0.29) is 0 Å². The lowest BCUT2D eigenvalue weighted by Gasteiger charge is -2.32. The Bertz CT molecular complexity index is 499. The van der Waals surface area contributed by atoms with Crippen LogP contribution in [0.5, 0.6) is 0 Å². The molecule has 0 aromatic carbocycles. The molecular weight excluding hydrogens is 265 g/mol. The number of alkyl halides is 2. The number of hydrogen-bond donors (Lipinski definition) is 0. The molecule has 0 atom stereocenters. The van der Waals surface area contributed by atoms with Crippen LogP contribution < -0.4 is 5.46 Å². The van der Waals surface area contributed by atoms with Crippen molar-refractivity contribution < 1.29 is 18.1 Å².